The minimum atomic E-state index is -0.204. The molecule has 1 heterocycles. The zero-order valence-corrected chi connectivity index (χ0v) is 15.2. The smallest absolute Gasteiger partial charge is 0.191 e. The van der Waals surface area contributed by atoms with Crippen molar-refractivity contribution in [1.29, 1.82) is 0 Å². The van der Waals surface area contributed by atoms with E-state index in [2.05, 4.69) is 34.4 Å². The first kappa shape index (κ1) is 18.7. The minimum Gasteiger partial charge on any atom is -0.356 e. The van der Waals surface area contributed by atoms with Crippen LogP contribution in [-0.2, 0) is 6.54 Å². The van der Waals surface area contributed by atoms with Crippen LogP contribution in [0.5, 0.6) is 0 Å². The van der Waals surface area contributed by atoms with Gasteiger partial charge < -0.3 is 15.5 Å². The summed E-state index contributed by atoms with van der Waals surface area (Å²) < 4.78 is 12.9. The van der Waals surface area contributed by atoms with Gasteiger partial charge in [0, 0.05) is 33.2 Å². The van der Waals surface area contributed by atoms with Crippen LogP contribution in [0.15, 0.2) is 29.3 Å². The predicted molar refractivity (Wildman–Crippen MR) is 98.6 cm³/mol. The number of halogens is 1. The van der Waals surface area contributed by atoms with Crippen molar-refractivity contribution >= 4 is 5.96 Å². The lowest BCUT2D eigenvalue weighted by atomic mass is 9.97. The number of hydrogen-bond donors (Lipinski definition) is 2. The van der Waals surface area contributed by atoms with Crippen LogP contribution in [0.2, 0.25) is 0 Å². The molecule has 2 N–H and O–H groups in total. The van der Waals surface area contributed by atoms with Gasteiger partial charge in [0.2, 0.25) is 0 Å². The molecule has 0 radical (unpaired) electrons. The van der Waals surface area contributed by atoms with Crippen LogP contribution in [0.25, 0.3) is 0 Å². The topological polar surface area (TPSA) is 39.7 Å². The van der Waals surface area contributed by atoms with E-state index in [4.69, 9.17) is 0 Å². The van der Waals surface area contributed by atoms with E-state index in [1.54, 1.807) is 19.2 Å². The molecule has 1 saturated heterocycles. The third kappa shape index (κ3) is 6.48. The van der Waals surface area contributed by atoms with E-state index in [0.717, 1.165) is 24.0 Å². The number of piperidine rings is 1. The molecule has 0 aromatic heterocycles. The van der Waals surface area contributed by atoms with Crippen molar-refractivity contribution in [3.63, 3.8) is 0 Å². The Labute approximate surface area is 145 Å². The van der Waals surface area contributed by atoms with Crippen LogP contribution in [0, 0.1) is 17.7 Å². The molecule has 1 atom stereocenters. The lowest BCUT2D eigenvalue weighted by molar-refractivity contribution is 0.159. The highest BCUT2D eigenvalue weighted by atomic mass is 19.1. The molecule has 0 amide bonds. The second kappa shape index (κ2) is 9.62. The van der Waals surface area contributed by atoms with Crippen LogP contribution in [-0.4, -0.2) is 44.1 Å². The van der Waals surface area contributed by atoms with Gasteiger partial charge in [-0.25, -0.2) is 4.39 Å². The molecule has 24 heavy (non-hydrogen) atoms. The standard InChI is InChI=1S/C19H31FN4/c1-15(2)13-24-10-4-5-17(14-24)12-23-19(21-3)22-11-16-6-8-18(20)9-7-16/h6-9,15,17H,4-5,10-14H2,1-3H3,(H2,21,22,23). The first-order valence-electron chi connectivity index (χ1n) is 8.98. The van der Waals surface area contributed by atoms with Crippen LogP contribution in [0.4, 0.5) is 4.39 Å². The van der Waals surface area contributed by atoms with Crippen LogP contribution in [0.3, 0.4) is 0 Å². The highest BCUT2D eigenvalue weighted by molar-refractivity contribution is 5.79. The number of nitrogens with one attached hydrogen (secondary N) is 2. The molecule has 0 bridgehead atoms. The number of hydrogen-bond acceptors (Lipinski definition) is 2. The minimum absolute atomic E-state index is 0.204. The second-order valence-corrected chi connectivity index (χ2v) is 7.09. The summed E-state index contributed by atoms with van der Waals surface area (Å²) in [7, 11) is 1.78. The van der Waals surface area contributed by atoms with Crippen molar-refractivity contribution in [1.82, 2.24) is 15.5 Å². The van der Waals surface area contributed by atoms with E-state index >= 15 is 0 Å². The summed E-state index contributed by atoms with van der Waals surface area (Å²) in [5, 5.41) is 6.72. The largest absolute Gasteiger partial charge is 0.356 e. The fourth-order valence-electron chi connectivity index (χ4n) is 3.25. The lowest BCUT2D eigenvalue weighted by Gasteiger charge is -2.34. The average Bonchev–Trinajstić information content (AvgIpc) is 2.56. The zero-order valence-electron chi connectivity index (χ0n) is 15.2. The molecular weight excluding hydrogens is 303 g/mol. The highest BCUT2D eigenvalue weighted by Crippen LogP contribution is 2.16. The van der Waals surface area contributed by atoms with E-state index in [-0.39, 0.29) is 5.82 Å². The van der Waals surface area contributed by atoms with Gasteiger partial charge in [0.15, 0.2) is 5.96 Å². The molecule has 134 valence electrons. The molecule has 1 aliphatic heterocycles. The molecule has 0 saturated carbocycles. The van der Waals surface area contributed by atoms with Crippen molar-refractivity contribution in [3.05, 3.63) is 35.6 Å². The summed E-state index contributed by atoms with van der Waals surface area (Å²) in [5.41, 5.74) is 1.04. The average molecular weight is 334 g/mol. The van der Waals surface area contributed by atoms with Gasteiger partial charge in [-0.3, -0.25) is 4.99 Å². The molecule has 2 rings (SSSR count). The molecule has 1 aliphatic rings. The van der Waals surface area contributed by atoms with Crippen molar-refractivity contribution < 1.29 is 4.39 Å². The van der Waals surface area contributed by atoms with Gasteiger partial charge in [0.1, 0.15) is 5.82 Å². The Morgan fingerprint density at radius 1 is 1.29 bits per heavy atom. The normalized spacial score (nSPS) is 19.5. The molecule has 0 spiro atoms. The number of benzene rings is 1. The number of guanidine groups is 1. The number of aliphatic imine (C=N–C) groups is 1. The summed E-state index contributed by atoms with van der Waals surface area (Å²) in [6.07, 6.45) is 2.55. The van der Waals surface area contributed by atoms with E-state index in [0.29, 0.717) is 12.5 Å². The van der Waals surface area contributed by atoms with Gasteiger partial charge in [-0.15, -0.1) is 0 Å². The van der Waals surface area contributed by atoms with Gasteiger partial charge in [-0.05, 0) is 48.9 Å². The first-order chi connectivity index (χ1) is 11.6. The molecule has 1 aromatic rings. The first-order valence-corrected chi connectivity index (χ1v) is 8.98. The number of likely N-dealkylation sites (tertiary alicyclic amines) is 1. The Hall–Kier alpha value is -1.62. The Bertz CT molecular complexity index is 513. The third-order valence-corrected chi connectivity index (χ3v) is 4.38. The maximum atomic E-state index is 12.9. The molecule has 1 aromatic carbocycles. The molecule has 1 fully saturated rings. The number of rotatable bonds is 6. The predicted octanol–water partition coefficient (Wildman–Crippen LogP) is 2.86. The van der Waals surface area contributed by atoms with Crippen LogP contribution < -0.4 is 10.6 Å². The monoisotopic (exact) mass is 334 g/mol. The molecular formula is C19H31FN4. The van der Waals surface area contributed by atoms with Crippen LogP contribution >= 0.6 is 0 Å². The summed E-state index contributed by atoms with van der Waals surface area (Å²) in [6.45, 7) is 9.73. The van der Waals surface area contributed by atoms with Crippen molar-refractivity contribution in [2.75, 3.05) is 33.2 Å². The van der Waals surface area contributed by atoms with E-state index < -0.39 is 0 Å². The fraction of sp³-hybridized carbons (Fsp3) is 0.632. The lowest BCUT2D eigenvalue weighted by Crippen LogP contribution is -2.44. The Morgan fingerprint density at radius 3 is 2.71 bits per heavy atom. The maximum absolute atomic E-state index is 12.9. The Balaban J connectivity index is 1.73. The summed E-state index contributed by atoms with van der Waals surface area (Å²) in [6, 6.07) is 6.55. The summed E-state index contributed by atoms with van der Waals surface area (Å²) in [5.74, 6) is 1.99. The SMILES string of the molecule is CN=C(NCc1ccc(F)cc1)NCC1CCCN(CC(C)C)C1. The van der Waals surface area contributed by atoms with Gasteiger partial charge in [0.25, 0.3) is 0 Å². The number of nitrogens with zero attached hydrogens (tertiary/aromatic N) is 2. The second-order valence-electron chi connectivity index (χ2n) is 7.09. The van der Waals surface area contributed by atoms with Gasteiger partial charge >= 0.3 is 0 Å². The third-order valence-electron chi connectivity index (χ3n) is 4.38. The van der Waals surface area contributed by atoms with E-state index in [1.807, 2.05) is 0 Å². The Kier molecular flexibility index (Phi) is 7.50. The molecule has 4 nitrogen and oxygen atoms in total. The molecule has 1 unspecified atom stereocenters. The van der Waals surface area contributed by atoms with Gasteiger partial charge in [-0.2, -0.15) is 0 Å². The van der Waals surface area contributed by atoms with E-state index in [1.165, 1.54) is 44.6 Å². The quantitative estimate of drug-likeness (QED) is 0.621. The van der Waals surface area contributed by atoms with E-state index in [9.17, 15) is 4.39 Å². The Morgan fingerprint density at radius 2 is 2.04 bits per heavy atom. The van der Waals surface area contributed by atoms with Gasteiger partial charge in [0.05, 0.1) is 0 Å². The van der Waals surface area contributed by atoms with Crippen molar-refractivity contribution in [2.45, 2.75) is 33.2 Å². The van der Waals surface area contributed by atoms with Crippen molar-refractivity contribution in [2.24, 2.45) is 16.8 Å². The summed E-state index contributed by atoms with van der Waals surface area (Å²) in [4.78, 5) is 6.86. The zero-order chi connectivity index (χ0) is 17.4. The van der Waals surface area contributed by atoms with Crippen LogP contribution in [0.1, 0.15) is 32.3 Å². The fourth-order valence-corrected chi connectivity index (χ4v) is 3.25. The molecule has 0 aliphatic carbocycles. The van der Waals surface area contributed by atoms with Crippen molar-refractivity contribution in [3.8, 4) is 0 Å². The maximum Gasteiger partial charge on any atom is 0.191 e. The highest BCUT2D eigenvalue weighted by Gasteiger charge is 2.20. The molecule has 5 heteroatoms. The van der Waals surface area contributed by atoms with Gasteiger partial charge in [-0.1, -0.05) is 26.0 Å². The summed E-state index contributed by atoms with van der Waals surface area (Å²) >= 11 is 0.